The number of likely N-dealkylation sites (N-methyl/N-ethyl adjacent to an activating group) is 1. The topological polar surface area (TPSA) is 30.9 Å². The molecule has 0 atom stereocenters. The van der Waals surface area contributed by atoms with Crippen molar-refractivity contribution in [2.75, 3.05) is 21.1 Å². The molecule has 2 aromatic carbocycles. The smallest absolute Gasteiger partial charge is 0.118 e. The number of benzene rings is 2. The number of rotatable bonds is 3. The van der Waals surface area contributed by atoms with Crippen molar-refractivity contribution in [2.45, 2.75) is 0 Å². The van der Waals surface area contributed by atoms with Crippen molar-refractivity contribution < 1.29 is 0 Å². The predicted octanol–water partition coefficient (Wildman–Crippen LogP) is 2.77. The predicted molar refractivity (Wildman–Crippen MR) is 90.9 cm³/mol. The van der Waals surface area contributed by atoms with Gasteiger partial charge in [-0.15, -0.1) is 0 Å². The molecule has 1 aliphatic heterocycles. The van der Waals surface area contributed by atoms with Gasteiger partial charge in [0.2, 0.25) is 0 Å². The highest BCUT2D eigenvalue weighted by molar-refractivity contribution is 6.16. The van der Waals surface area contributed by atoms with Crippen molar-refractivity contribution in [1.29, 1.82) is 0 Å². The molecule has 0 amide bonds. The first-order chi connectivity index (χ1) is 10.7. The van der Waals surface area contributed by atoms with Gasteiger partial charge in [-0.2, -0.15) is 5.10 Å². The van der Waals surface area contributed by atoms with Gasteiger partial charge in [-0.25, -0.2) is 5.12 Å². The number of nitrogens with one attached hydrogen (secondary N) is 1. The van der Waals surface area contributed by atoms with Gasteiger partial charge < -0.3 is 4.90 Å². The summed E-state index contributed by atoms with van der Waals surface area (Å²) in [6.45, 7) is 0. The second kappa shape index (κ2) is 5.93. The summed E-state index contributed by atoms with van der Waals surface area (Å²) in [4.78, 5) is 2.11. The number of nitrogens with zero attached hydrogens (tertiary/aromatic N) is 3. The second-order valence-electron chi connectivity index (χ2n) is 5.43. The molecule has 0 aromatic heterocycles. The van der Waals surface area contributed by atoms with Crippen LogP contribution in [0.5, 0.6) is 0 Å². The average molecular weight is 292 g/mol. The zero-order valence-corrected chi connectivity index (χ0v) is 13.1. The van der Waals surface area contributed by atoms with Gasteiger partial charge in [-0.05, 0) is 0 Å². The summed E-state index contributed by atoms with van der Waals surface area (Å²) in [5.41, 5.74) is 8.69. The normalized spacial score (nSPS) is 14.5. The molecule has 0 unspecified atom stereocenters. The monoisotopic (exact) mass is 292 g/mol. The quantitative estimate of drug-likeness (QED) is 0.943. The van der Waals surface area contributed by atoms with E-state index < -0.39 is 0 Å². The molecule has 0 spiro atoms. The van der Waals surface area contributed by atoms with E-state index in [1.807, 2.05) is 57.5 Å². The zero-order valence-electron chi connectivity index (χ0n) is 13.1. The van der Waals surface area contributed by atoms with E-state index in [1.165, 1.54) is 0 Å². The molecule has 1 aliphatic rings. The second-order valence-corrected chi connectivity index (χ2v) is 5.43. The summed E-state index contributed by atoms with van der Waals surface area (Å²) in [5, 5.41) is 6.43. The third-order valence-electron chi connectivity index (χ3n) is 3.54. The lowest BCUT2D eigenvalue weighted by Gasteiger charge is -2.32. The van der Waals surface area contributed by atoms with Crippen molar-refractivity contribution in [3.05, 3.63) is 77.5 Å². The largest absolute Gasteiger partial charge is 0.374 e. The fraction of sp³-hybridized carbons (Fsp3) is 0.167. The Bertz CT molecular complexity index is 702. The van der Waals surface area contributed by atoms with Crippen LogP contribution >= 0.6 is 0 Å². The lowest BCUT2D eigenvalue weighted by molar-refractivity contribution is 0.291. The van der Waals surface area contributed by atoms with E-state index in [0.717, 1.165) is 28.2 Å². The molecule has 0 saturated carbocycles. The SMILES string of the molecule is CN1N=C(c2ccccc2)C(N(C)C)=C(c2ccccc2)N1. The van der Waals surface area contributed by atoms with Gasteiger partial charge in [-0.3, -0.25) is 5.43 Å². The van der Waals surface area contributed by atoms with Crippen LogP contribution in [0.15, 0.2) is 71.5 Å². The van der Waals surface area contributed by atoms with Crippen LogP contribution in [-0.2, 0) is 0 Å². The maximum Gasteiger partial charge on any atom is 0.118 e. The highest BCUT2D eigenvalue weighted by Gasteiger charge is 2.24. The van der Waals surface area contributed by atoms with E-state index in [-0.39, 0.29) is 0 Å². The highest BCUT2D eigenvalue weighted by Crippen LogP contribution is 2.25. The molecule has 3 rings (SSSR count). The zero-order chi connectivity index (χ0) is 15.5. The van der Waals surface area contributed by atoms with E-state index >= 15 is 0 Å². The maximum atomic E-state index is 4.67. The van der Waals surface area contributed by atoms with Crippen molar-refractivity contribution in [1.82, 2.24) is 15.4 Å². The molecular formula is C18H20N4. The van der Waals surface area contributed by atoms with Crippen molar-refractivity contribution in [2.24, 2.45) is 5.10 Å². The molecule has 1 heterocycles. The number of allylic oxidation sites excluding steroid dienone is 1. The molecule has 0 saturated heterocycles. The molecule has 1 N–H and O–H groups in total. The Labute approximate surface area is 131 Å². The summed E-state index contributed by atoms with van der Waals surface area (Å²) >= 11 is 0. The van der Waals surface area contributed by atoms with Crippen LogP contribution in [0.2, 0.25) is 0 Å². The number of hydrogen-bond acceptors (Lipinski definition) is 4. The first-order valence-corrected chi connectivity index (χ1v) is 7.28. The first kappa shape index (κ1) is 14.2. The van der Waals surface area contributed by atoms with Gasteiger partial charge in [0.05, 0.1) is 11.4 Å². The van der Waals surface area contributed by atoms with Crippen molar-refractivity contribution in [3.8, 4) is 0 Å². The fourth-order valence-corrected chi connectivity index (χ4v) is 2.59. The molecule has 4 nitrogen and oxygen atoms in total. The minimum absolute atomic E-state index is 0.964. The Kier molecular flexibility index (Phi) is 3.83. The molecule has 2 aromatic rings. The summed E-state index contributed by atoms with van der Waals surface area (Å²) in [7, 11) is 6.01. The standard InChI is InChI=1S/C18H20N4/c1-21(2)18-16(14-10-6-4-7-11-14)19-22(3)20-17(18)15-12-8-5-9-13-15/h4-13,19H,1-3H3. The van der Waals surface area contributed by atoms with Crippen molar-refractivity contribution >= 4 is 11.4 Å². The highest BCUT2D eigenvalue weighted by atomic mass is 15.7. The van der Waals surface area contributed by atoms with Gasteiger partial charge in [-0.1, -0.05) is 60.7 Å². The van der Waals surface area contributed by atoms with E-state index in [2.05, 4.69) is 39.7 Å². The van der Waals surface area contributed by atoms with E-state index in [9.17, 15) is 0 Å². The van der Waals surface area contributed by atoms with Crippen LogP contribution in [-0.4, -0.2) is 36.9 Å². The third-order valence-corrected chi connectivity index (χ3v) is 3.54. The minimum atomic E-state index is 0.964. The molecule has 22 heavy (non-hydrogen) atoms. The van der Waals surface area contributed by atoms with E-state index in [4.69, 9.17) is 0 Å². The van der Waals surface area contributed by atoms with Gasteiger partial charge in [0.1, 0.15) is 5.71 Å². The van der Waals surface area contributed by atoms with E-state index in [0.29, 0.717) is 0 Å². The van der Waals surface area contributed by atoms with Crippen LogP contribution in [0.1, 0.15) is 11.1 Å². The molecule has 0 aliphatic carbocycles. The van der Waals surface area contributed by atoms with Crippen LogP contribution in [0.25, 0.3) is 5.70 Å². The first-order valence-electron chi connectivity index (χ1n) is 7.28. The Morgan fingerprint density at radius 2 is 1.41 bits per heavy atom. The van der Waals surface area contributed by atoms with Crippen LogP contribution in [0.3, 0.4) is 0 Å². The average Bonchev–Trinajstić information content (AvgIpc) is 2.55. The Morgan fingerprint density at radius 3 is 1.95 bits per heavy atom. The molecule has 112 valence electrons. The number of hydrogen-bond donors (Lipinski definition) is 1. The summed E-state index contributed by atoms with van der Waals surface area (Å²) in [5.74, 6) is 0. The third kappa shape index (κ3) is 2.68. The van der Waals surface area contributed by atoms with E-state index in [1.54, 1.807) is 5.12 Å². The summed E-state index contributed by atoms with van der Waals surface area (Å²) in [6.07, 6.45) is 0. The Morgan fingerprint density at radius 1 is 0.864 bits per heavy atom. The molecule has 0 fully saturated rings. The molecular weight excluding hydrogens is 272 g/mol. The number of hydrazone groups is 1. The lowest BCUT2D eigenvalue weighted by Crippen LogP contribution is -2.39. The summed E-state index contributed by atoms with van der Waals surface area (Å²) in [6, 6.07) is 20.6. The maximum absolute atomic E-state index is 4.67. The molecule has 0 radical (unpaired) electrons. The van der Waals surface area contributed by atoms with Gasteiger partial charge in [0.25, 0.3) is 0 Å². The Hall–Kier alpha value is -2.75. The van der Waals surface area contributed by atoms with Crippen molar-refractivity contribution in [3.63, 3.8) is 0 Å². The molecule has 0 bridgehead atoms. The van der Waals surface area contributed by atoms with Gasteiger partial charge >= 0.3 is 0 Å². The van der Waals surface area contributed by atoms with Crippen LogP contribution < -0.4 is 5.43 Å². The van der Waals surface area contributed by atoms with Gasteiger partial charge in [0.15, 0.2) is 0 Å². The molecule has 4 heteroatoms. The lowest BCUT2D eigenvalue weighted by atomic mass is 10.0. The number of hydrazine groups is 1. The summed E-state index contributed by atoms with van der Waals surface area (Å²) < 4.78 is 0. The van der Waals surface area contributed by atoms with Crippen LogP contribution in [0.4, 0.5) is 0 Å². The van der Waals surface area contributed by atoms with Crippen LogP contribution in [0, 0.1) is 0 Å². The fourth-order valence-electron chi connectivity index (χ4n) is 2.59. The van der Waals surface area contributed by atoms with Gasteiger partial charge in [0, 0.05) is 32.3 Å². The Balaban J connectivity index is 2.18. The minimum Gasteiger partial charge on any atom is -0.374 e.